The molecule has 2 aromatic rings. The number of alkyl halides is 1. The molecule has 9 heteroatoms. The number of anilines is 1. The zero-order valence-corrected chi connectivity index (χ0v) is 17.6. The van der Waals surface area contributed by atoms with Gasteiger partial charge in [-0.1, -0.05) is 17.4 Å². The Kier molecular flexibility index (Phi) is 5.89. The van der Waals surface area contributed by atoms with Crippen molar-refractivity contribution in [2.45, 2.75) is 31.8 Å². The molecule has 1 saturated carbocycles. The summed E-state index contributed by atoms with van der Waals surface area (Å²) in [4.78, 5) is 9.75. The van der Waals surface area contributed by atoms with Crippen LogP contribution in [-0.4, -0.2) is 62.2 Å². The molecule has 1 aromatic heterocycles. The normalized spacial score (nSPS) is 19.1. The van der Waals surface area contributed by atoms with Gasteiger partial charge in [-0.15, -0.1) is 11.6 Å². The van der Waals surface area contributed by atoms with Crippen LogP contribution in [0.1, 0.15) is 24.8 Å². The van der Waals surface area contributed by atoms with Gasteiger partial charge < -0.3 is 4.90 Å². The van der Waals surface area contributed by atoms with E-state index in [2.05, 4.69) is 14.5 Å². The second-order valence-corrected chi connectivity index (χ2v) is 10.5. The Morgan fingerprint density at radius 1 is 1.22 bits per heavy atom. The summed E-state index contributed by atoms with van der Waals surface area (Å²) in [7, 11) is -3.27. The van der Waals surface area contributed by atoms with Crippen molar-refractivity contribution in [3.05, 3.63) is 23.8 Å². The molecule has 1 aliphatic heterocycles. The maximum atomic E-state index is 11.9. The largest absolute Gasteiger partial charge is 0.345 e. The van der Waals surface area contributed by atoms with E-state index in [1.54, 1.807) is 11.3 Å². The van der Waals surface area contributed by atoms with E-state index in [4.69, 9.17) is 16.6 Å². The lowest BCUT2D eigenvalue weighted by Crippen LogP contribution is -2.47. The van der Waals surface area contributed by atoms with Crippen molar-refractivity contribution in [2.24, 2.45) is 0 Å². The number of piperazine rings is 1. The Bertz CT molecular complexity index is 890. The van der Waals surface area contributed by atoms with E-state index in [1.807, 2.05) is 18.2 Å². The molecule has 2 aliphatic rings. The SMILES string of the molecule is O=S(=O)(CCCCl)NCc1ccc2nc(N3CCN(C4CC4)CC3)sc2c1. The molecule has 27 heavy (non-hydrogen) atoms. The Morgan fingerprint density at radius 3 is 2.70 bits per heavy atom. The van der Waals surface area contributed by atoms with Crippen LogP contribution in [0.15, 0.2) is 18.2 Å². The van der Waals surface area contributed by atoms with E-state index < -0.39 is 10.0 Å². The smallest absolute Gasteiger partial charge is 0.211 e. The Balaban J connectivity index is 1.39. The maximum absolute atomic E-state index is 11.9. The topological polar surface area (TPSA) is 65.5 Å². The van der Waals surface area contributed by atoms with Gasteiger partial charge in [0.15, 0.2) is 5.13 Å². The summed E-state index contributed by atoms with van der Waals surface area (Å²) in [5, 5.41) is 1.07. The Morgan fingerprint density at radius 2 is 2.00 bits per heavy atom. The molecule has 6 nitrogen and oxygen atoms in total. The fraction of sp³-hybridized carbons (Fsp3) is 0.611. The average Bonchev–Trinajstić information content (AvgIpc) is 3.44. The van der Waals surface area contributed by atoms with E-state index >= 15 is 0 Å². The number of benzene rings is 1. The zero-order valence-electron chi connectivity index (χ0n) is 15.2. The number of nitrogens with one attached hydrogen (secondary N) is 1. The van der Waals surface area contributed by atoms with E-state index in [9.17, 15) is 8.42 Å². The van der Waals surface area contributed by atoms with Crippen molar-refractivity contribution in [1.82, 2.24) is 14.6 Å². The molecular formula is C18H25ClN4O2S2. The zero-order chi connectivity index (χ0) is 18.9. The van der Waals surface area contributed by atoms with E-state index in [0.29, 0.717) is 18.8 Å². The predicted molar refractivity (Wildman–Crippen MR) is 112 cm³/mol. The summed E-state index contributed by atoms with van der Waals surface area (Å²) in [5.41, 5.74) is 1.93. The van der Waals surface area contributed by atoms with Crippen molar-refractivity contribution in [3.63, 3.8) is 0 Å². The first-order chi connectivity index (χ1) is 13.0. The van der Waals surface area contributed by atoms with Crippen LogP contribution in [0.3, 0.4) is 0 Å². The number of hydrogen-bond donors (Lipinski definition) is 1. The highest BCUT2D eigenvalue weighted by Gasteiger charge is 2.31. The quantitative estimate of drug-likeness (QED) is 0.655. The van der Waals surface area contributed by atoms with Crippen LogP contribution in [0, 0.1) is 0 Å². The molecule has 4 rings (SSSR count). The van der Waals surface area contributed by atoms with Crippen LogP contribution in [0.2, 0.25) is 0 Å². The predicted octanol–water partition coefficient (Wildman–Crippen LogP) is 2.63. The third-order valence-electron chi connectivity index (χ3n) is 5.13. The molecule has 0 unspecified atom stereocenters. The van der Waals surface area contributed by atoms with Gasteiger partial charge in [0.25, 0.3) is 0 Å². The lowest BCUT2D eigenvalue weighted by Gasteiger charge is -2.34. The number of hydrogen-bond acceptors (Lipinski definition) is 6. The summed E-state index contributed by atoms with van der Waals surface area (Å²) < 4.78 is 27.6. The van der Waals surface area contributed by atoms with Crippen LogP contribution in [-0.2, 0) is 16.6 Å². The molecule has 0 bridgehead atoms. The molecule has 0 spiro atoms. The molecule has 0 amide bonds. The summed E-state index contributed by atoms with van der Waals surface area (Å²) in [6, 6.07) is 6.80. The lowest BCUT2D eigenvalue weighted by atomic mass is 10.2. The van der Waals surface area contributed by atoms with Gasteiger partial charge in [0, 0.05) is 44.6 Å². The van der Waals surface area contributed by atoms with Crippen molar-refractivity contribution in [1.29, 1.82) is 0 Å². The molecule has 148 valence electrons. The lowest BCUT2D eigenvalue weighted by molar-refractivity contribution is 0.248. The number of rotatable bonds is 8. The van der Waals surface area contributed by atoms with Gasteiger partial charge in [0.1, 0.15) is 0 Å². The highest BCUT2D eigenvalue weighted by atomic mass is 35.5. The Hall–Kier alpha value is -0.930. The molecule has 0 radical (unpaired) electrons. The molecule has 1 N–H and O–H groups in total. The molecule has 0 atom stereocenters. The van der Waals surface area contributed by atoms with E-state index in [0.717, 1.165) is 53.1 Å². The second-order valence-electron chi connectivity index (χ2n) is 7.24. The minimum absolute atomic E-state index is 0.0658. The van der Waals surface area contributed by atoms with Gasteiger partial charge in [-0.25, -0.2) is 18.1 Å². The third kappa shape index (κ3) is 4.92. The molecule has 2 heterocycles. The van der Waals surface area contributed by atoms with Gasteiger partial charge >= 0.3 is 0 Å². The highest BCUT2D eigenvalue weighted by Crippen LogP contribution is 2.32. The van der Waals surface area contributed by atoms with Gasteiger partial charge in [-0.2, -0.15) is 0 Å². The number of thiazole rings is 1. The van der Waals surface area contributed by atoms with Crippen molar-refractivity contribution in [3.8, 4) is 0 Å². The second kappa shape index (κ2) is 8.21. The summed E-state index contributed by atoms with van der Waals surface area (Å²) >= 11 is 7.27. The number of halogens is 1. The van der Waals surface area contributed by atoms with Gasteiger partial charge in [0.2, 0.25) is 10.0 Å². The number of sulfonamides is 1. The molecule has 1 saturated heterocycles. The monoisotopic (exact) mass is 428 g/mol. The van der Waals surface area contributed by atoms with Crippen LogP contribution in [0.4, 0.5) is 5.13 Å². The standard InChI is InChI=1S/C18H25ClN4O2S2/c19-6-1-11-27(24,25)20-13-14-2-5-16-17(12-14)26-18(21-16)23-9-7-22(8-10-23)15-3-4-15/h2,5,12,15,20H,1,3-4,6-11,13H2. The number of aromatic nitrogens is 1. The summed E-state index contributed by atoms with van der Waals surface area (Å²) in [6.07, 6.45) is 3.18. The van der Waals surface area contributed by atoms with Gasteiger partial charge in [0.05, 0.1) is 16.0 Å². The van der Waals surface area contributed by atoms with Crippen molar-refractivity contribution in [2.75, 3.05) is 42.7 Å². The molecular weight excluding hydrogens is 404 g/mol. The average molecular weight is 429 g/mol. The van der Waals surface area contributed by atoms with Gasteiger partial charge in [-0.3, -0.25) is 4.90 Å². The summed E-state index contributed by atoms with van der Waals surface area (Å²) in [6.45, 7) is 4.60. The van der Waals surface area contributed by atoms with Crippen LogP contribution < -0.4 is 9.62 Å². The van der Waals surface area contributed by atoms with Crippen molar-refractivity contribution < 1.29 is 8.42 Å². The first-order valence-corrected chi connectivity index (χ1v) is 12.5. The number of nitrogens with zero attached hydrogens (tertiary/aromatic N) is 3. The minimum Gasteiger partial charge on any atom is -0.345 e. The van der Waals surface area contributed by atoms with Crippen LogP contribution in [0.5, 0.6) is 0 Å². The van der Waals surface area contributed by atoms with Crippen LogP contribution >= 0.6 is 22.9 Å². The fourth-order valence-electron chi connectivity index (χ4n) is 3.43. The van der Waals surface area contributed by atoms with E-state index in [-0.39, 0.29) is 5.75 Å². The highest BCUT2D eigenvalue weighted by molar-refractivity contribution is 7.89. The minimum atomic E-state index is -3.27. The fourth-order valence-corrected chi connectivity index (χ4v) is 5.86. The first-order valence-electron chi connectivity index (χ1n) is 9.46. The molecule has 2 fully saturated rings. The molecule has 1 aromatic carbocycles. The third-order valence-corrected chi connectivity index (χ3v) is 7.89. The Labute approximate surface area is 169 Å². The summed E-state index contributed by atoms with van der Waals surface area (Å²) in [5.74, 6) is 0.418. The first kappa shape index (κ1) is 19.4. The number of fused-ring (bicyclic) bond motifs is 1. The van der Waals surface area contributed by atoms with Gasteiger partial charge in [-0.05, 0) is 37.0 Å². The van der Waals surface area contributed by atoms with E-state index in [1.165, 1.54) is 12.8 Å². The maximum Gasteiger partial charge on any atom is 0.211 e. The molecule has 1 aliphatic carbocycles. The van der Waals surface area contributed by atoms with Crippen molar-refractivity contribution >= 4 is 48.3 Å². The van der Waals surface area contributed by atoms with Crippen LogP contribution in [0.25, 0.3) is 10.2 Å².